The van der Waals surface area contributed by atoms with Gasteiger partial charge in [0.1, 0.15) is 0 Å². The van der Waals surface area contributed by atoms with E-state index in [2.05, 4.69) is 55.4 Å². The lowest BCUT2D eigenvalue weighted by Gasteiger charge is -2.33. The van der Waals surface area contributed by atoms with Gasteiger partial charge in [-0.05, 0) is 85.9 Å². The molecule has 164 valence electrons. The van der Waals surface area contributed by atoms with Gasteiger partial charge in [0.25, 0.3) is 0 Å². The van der Waals surface area contributed by atoms with Gasteiger partial charge in [-0.15, -0.1) is 0 Å². The van der Waals surface area contributed by atoms with Gasteiger partial charge in [-0.1, -0.05) is 89.4 Å². The molecule has 2 heteroatoms. The minimum atomic E-state index is 0.441. The van der Waals surface area contributed by atoms with Gasteiger partial charge < -0.3 is 0 Å². The summed E-state index contributed by atoms with van der Waals surface area (Å²) in [7, 11) is 3.31. The fraction of sp³-hybridized carbons (Fsp3) is 0.778. The highest BCUT2D eigenvalue weighted by Crippen LogP contribution is 2.54. The van der Waals surface area contributed by atoms with Crippen molar-refractivity contribution in [2.45, 2.75) is 136 Å². The number of hydrogen-bond donors (Lipinski definition) is 0. The fourth-order valence-corrected chi connectivity index (χ4v) is 10.1. The molecule has 0 aromatic rings. The second kappa shape index (κ2) is 10.9. The molecule has 2 aliphatic rings. The lowest BCUT2D eigenvalue weighted by atomic mass is 9.80. The normalized spacial score (nSPS) is 28.3. The standard InChI is InChI=1S/C27H46P2/c1-9-20-22(11-3)26(15-7,28-24(20)13-5)18-17-19-27(16-8)23(12-4)21(10-2)25(14-6)29-27/h9-19H2,1-8H3. The monoisotopic (exact) mass is 432 g/mol. The van der Waals surface area contributed by atoms with Crippen LogP contribution in [0.2, 0.25) is 0 Å². The Hall–Kier alpha value is -0.180. The molecule has 0 fully saturated rings. The topological polar surface area (TPSA) is 0 Å². The van der Waals surface area contributed by atoms with E-state index >= 15 is 0 Å². The average Bonchev–Trinajstić information content (AvgIpc) is 3.25. The summed E-state index contributed by atoms with van der Waals surface area (Å²) in [5, 5.41) is 4.38. The van der Waals surface area contributed by atoms with E-state index in [0.29, 0.717) is 10.3 Å². The Morgan fingerprint density at radius 3 is 1.14 bits per heavy atom. The first-order valence-electron chi connectivity index (χ1n) is 12.6. The third-order valence-corrected chi connectivity index (χ3v) is 11.9. The molecular weight excluding hydrogens is 386 g/mol. The maximum atomic E-state index is 2.45. The molecule has 0 amide bonds. The molecule has 0 radical (unpaired) electrons. The van der Waals surface area contributed by atoms with Crippen LogP contribution in [0.3, 0.4) is 0 Å². The van der Waals surface area contributed by atoms with Crippen molar-refractivity contribution < 1.29 is 0 Å². The highest BCUT2D eigenvalue weighted by Gasteiger charge is 2.40. The summed E-state index contributed by atoms with van der Waals surface area (Å²) < 4.78 is 0. The molecule has 2 rings (SSSR count). The Balaban J connectivity index is 2.29. The number of allylic oxidation sites excluding steroid dienone is 4. The van der Waals surface area contributed by atoms with Gasteiger partial charge in [-0.25, -0.2) is 0 Å². The molecule has 2 atom stereocenters. The van der Waals surface area contributed by atoms with Crippen LogP contribution in [0.1, 0.15) is 126 Å². The van der Waals surface area contributed by atoms with Crippen LogP contribution in [0, 0.1) is 0 Å². The van der Waals surface area contributed by atoms with E-state index in [0.717, 1.165) is 0 Å². The summed E-state index contributed by atoms with van der Waals surface area (Å²) in [6.45, 7) is 19.2. The molecule has 2 unspecified atom stereocenters. The van der Waals surface area contributed by atoms with Crippen LogP contribution in [0.25, 0.3) is 0 Å². The fourth-order valence-electron chi connectivity index (χ4n) is 6.23. The lowest BCUT2D eigenvalue weighted by molar-refractivity contribution is 0.485. The summed E-state index contributed by atoms with van der Waals surface area (Å²) in [5.74, 6) is 0. The third kappa shape index (κ3) is 4.55. The van der Waals surface area contributed by atoms with Crippen molar-refractivity contribution in [3.8, 4) is 0 Å². The largest absolute Gasteiger partial charge is 0.0893 e. The molecular formula is C27H46P2. The van der Waals surface area contributed by atoms with Crippen LogP contribution in [-0.4, -0.2) is 20.9 Å². The quantitative estimate of drug-likeness (QED) is 0.269. The lowest BCUT2D eigenvalue weighted by Crippen LogP contribution is -2.26. The summed E-state index contributed by atoms with van der Waals surface area (Å²) in [5.41, 5.74) is 7.12. The van der Waals surface area contributed by atoms with E-state index in [1.54, 1.807) is 38.1 Å². The maximum absolute atomic E-state index is 2.45. The SMILES string of the molecule is CCC1=PC(CC)(CCCC2(CC)P=C(CC)C(CC)=C2CC)C(CC)=C1CC. The first kappa shape index (κ1) is 25.1. The van der Waals surface area contributed by atoms with Crippen LogP contribution in [0.15, 0.2) is 22.3 Å². The van der Waals surface area contributed by atoms with E-state index in [1.165, 1.54) is 70.6 Å². The molecule has 29 heavy (non-hydrogen) atoms. The van der Waals surface area contributed by atoms with Gasteiger partial charge in [0.2, 0.25) is 0 Å². The molecule has 2 aliphatic heterocycles. The zero-order valence-corrected chi connectivity index (χ0v) is 22.5. The molecule has 2 heterocycles. The van der Waals surface area contributed by atoms with Gasteiger partial charge in [-0.3, -0.25) is 0 Å². The van der Waals surface area contributed by atoms with Crippen molar-refractivity contribution in [1.29, 1.82) is 0 Å². The van der Waals surface area contributed by atoms with Crippen LogP contribution in [0.5, 0.6) is 0 Å². The highest BCUT2D eigenvalue weighted by molar-refractivity contribution is 7.44. The molecule has 0 nitrogen and oxygen atoms in total. The van der Waals surface area contributed by atoms with Gasteiger partial charge in [0, 0.05) is 10.3 Å². The Morgan fingerprint density at radius 2 is 0.897 bits per heavy atom. The van der Waals surface area contributed by atoms with Gasteiger partial charge in [0.15, 0.2) is 0 Å². The van der Waals surface area contributed by atoms with Gasteiger partial charge in [0.05, 0.1) is 0 Å². The van der Waals surface area contributed by atoms with Gasteiger partial charge >= 0.3 is 0 Å². The van der Waals surface area contributed by atoms with Crippen molar-refractivity contribution in [3.63, 3.8) is 0 Å². The van der Waals surface area contributed by atoms with Crippen LogP contribution < -0.4 is 0 Å². The summed E-state index contributed by atoms with van der Waals surface area (Å²) >= 11 is 0. The molecule has 0 aromatic heterocycles. The second-order valence-corrected chi connectivity index (χ2v) is 12.0. The van der Waals surface area contributed by atoms with Crippen LogP contribution in [0.4, 0.5) is 0 Å². The van der Waals surface area contributed by atoms with Crippen LogP contribution >= 0.6 is 16.4 Å². The minimum absolute atomic E-state index is 0.441. The van der Waals surface area contributed by atoms with E-state index in [1.807, 2.05) is 11.1 Å². The van der Waals surface area contributed by atoms with Crippen molar-refractivity contribution in [2.24, 2.45) is 0 Å². The first-order valence-corrected chi connectivity index (χ1v) is 14.4. The Bertz CT molecular complexity index is 646. The molecule has 0 saturated carbocycles. The zero-order chi connectivity index (χ0) is 21.7. The Kier molecular flexibility index (Phi) is 9.44. The molecule has 0 spiro atoms. The Morgan fingerprint density at radius 1 is 0.517 bits per heavy atom. The molecule has 0 aromatic carbocycles. The van der Waals surface area contributed by atoms with E-state index in [4.69, 9.17) is 0 Å². The minimum Gasteiger partial charge on any atom is -0.0893 e. The smallest absolute Gasteiger partial charge is 0.0336 e. The van der Waals surface area contributed by atoms with Crippen LogP contribution in [-0.2, 0) is 0 Å². The summed E-state index contributed by atoms with van der Waals surface area (Å²) in [6, 6.07) is 0. The molecule has 0 saturated heterocycles. The van der Waals surface area contributed by atoms with Crippen molar-refractivity contribution in [2.75, 3.05) is 0 Å². The summed E-state index contributed by atoms with van der Waals surface area (Å²) in [4.78, 5) is 0. The first-order chi connectivity index (χ1) is 14.0. The third-order valence-electron chi connectivity index (χ3n) is 7.68. The predicted molar refractivity (Wildman–Crippen MR) is 140 cm³/mol. The molecule has 0 bridgehead atoms. The number of rotatable bonds is 12. The Labute approximate surface area is 185 Å². The number of hydrogen-bond acceptors (Lipinski definition) is 0. The van der Waals surface area contributed by atoms with Gasteiger partial charge in [-0.2, -0.15) is 0 Å². The predicted octanol–water partition coefficient (Wildman–Crippen LogP) is 9.77. The maximum Gasteiger partial charge on any atom is 0.0336 e. The highest BCUT2D eigenvalue weighted by atomic mass is 31.1. The van der Waals surface area contributed by atoms with E-state index in [9.17, 15) is 0 Å². The van der Waals surface area contributed by atoms with Crippen molar-refractivity contribution in [1.82, 2.24) is 0 Å². The second-order valence-electron chi connectivity index (χ2n) is 8.78. The zero-order valence-electron chi connectivity index (χ0n) is 20.7. The van der Waals surface area contributed by atoms with Crippen molar-refractivity contribution in [3.05, 3.63) is 22.3 Å². The van der Waals surface area contributed by atoms with E-state index < -0.39 is 0 Å². The summed E-state index contributed by atoms with van der Waals surface area (Å²) in [6.07, 6.45) is 14.2. The average molecular weight is 433 g/mol. The van der Waals surface area contributed by atoms with Crippen molar-refractivity contribution >= 4 is 27.0 Å². The van der Waals surface area contributed by atoms with E-state index in [-0.39, 0.29) is 0 Å². The molecule has 0 N–H and O–H groups in total. The molecule has 0 aliphatic carbocycles.